The standard InChI is InChI=1S/C11H13NS2/c1-3-7-6-8-4-5-14-11(8)9(12)10(7)13-2/h4-6H,3,12H2,1-2H3. The van der Waals surface area contributed by atoms with Crippen molar-refractivity contribution < 1.29 is 0 Å². The summed E-state index contributed by atoms with van der Waals surface area (Å²) in [6.45, 7) is 2.17. The number of thiophene rings is 1. The van der Waals surface area contributed by atoms with Gasteiger partial charge >= 0.3 is 0 Å². The minimum absolute atomic E-state index is 0.960. The minimum Gasteiger partial charge on any atom is -0.397 e. The van der Waals surface area contributed by atoms with Gasteiger partial charge in [0.25, 0.3) is 0 Å². The van der Waals surface area contributed by atoms with Crippen molar-refractivity contribution in [3.8, 4) is 0 Å². The molecule has 0 aliphatic heterocycles. The summed E-state index contributed by atoms with van der Waals surface area (Å²) in [4.78, 5) is 1.25. The molecule has 14 heavy (non-hydrogen) atoms. The van der Waals surface area contributed by atoms with Gasteiger partial charge in [0, 0.05) is 4.90 Å². The molecule has 0 aliphatic carbocycles. The normalized spacial score (nSPS) is 11.0. The minimum atomic E-state index is 0.960. The van der Waals surface area contributed by atoms with Crippen LogP contribution >= 0.6 is 23.1 Å². The van der Waals surface area contributed by atoms with Crippen molar-refractivity contribution in [2.75, 3.05) is 12.0 Å². The van der Waals surface area contributed by atoms with Gasteiger partial charge in [-0.05, 0) is 41.1 Å². The van der Waals surface area contributed by atoms with Gasteiger partial charge in [0.2, 0.25) is 0 Å². The maximum atomic E-state index is 6.14. The molecule has 0 bridgehead atoms. The zero-order chi connectivity index (χ0) is 10.1. The van der Waals surface area contributed by atoms with E-state index in [9.17, 15) is 0 Å². The van der Waals surface area contributed by atoms with E-state index in [1.165, 1.54) is 20.5 Å². The Morgan fingerprint density at radius 2 is 2.29 bits per heavy atom. The first-order valence-corrected chi connectivity index (χ1v) is 6.71. The molecule has 3 heteroatoms. The largest absolute Gasteiger partial charge is 0.397 e. The van der Waals surface area contributed by atoms with E-state index in [-0.39, 0.29) is 0 Å². The summed E-state index contributed by atoms with van der Waals surface area (Å²) < 4.78 is 1.23. The smallest absolute Gasteiger partial charge is 0.0636 e. The molecule has 0 spiro atoms. The van der Waals surface area contributed by atoms with Gasteiger partial charge in [-0.2, -0.15) is 0 Å². The Kier molecular flexibility index (Phi) is 2.70. The number of anilines is 1. The molecule has 0 saturated heterocycles. The highest BCUT2D eigenvalue weighted by atomic mass is 32.2. The molecule has 1 aromatic heterocycles. The highest BCUT2D eigenvalue weighted by Crippen LogP contribution is 2.37. The van der Waals surface area contributed by atoms with Gasteiger partial charge < -0.3 is 5.73 Å². The third kappa shape index (κ3) is 1.41. The van der Waals surface area contributed by atoms with Crippen molar-refractivity contribution >= 4 is 38.9 Å². The summed E-state index contributed by atoms with van der Waals surface area (Å²) in [5.41, 5.74) is 8.46. The molecule has 0 saturated carbocycles. The molecule has 0 amide bonds. The number of hydrogen-bond acceptors (Lipinski definition) is 3. The van der Waals surface area contributed by atoms with E-state index in [1.807, 2.05) is 0 Å². The van der Waals surface area contributed by atoms with Crippen LogP contribution in [0.3, 0.4) is 0 Å². The fourth-order valence-corrected chi connectivity index (χ4v) is 3.38. The fourth-order valence-electron chi connectivity index (χ4n) is 1.68. The van der Waals surface area contributed by atoms with E-state index < -0.39 is 0 Å². The van der Waals surface area contributed by atoms with Gasteiger partial charge in [-0.15, -0.1) is 23.1 Å². The number of rotatable bonds is 2. The Morgan fingerprint density at radius 1 is 1.50 bits per heavy atom. The molecule has 74 valence electrons. The maximum Gasteiger partial charge on any atom is 0.0636 e. The summed E-state index contributed by atoms with van der Waals surface area (Å²) in [5.74, 6) is 0. The number of nitrogens with two attached hydrogens (primary N) is 1. The van der Waals surface area contributed by atoms with E-state index in [0.717, 1.165) is 12.1 Å². The summed E-state index contributed by atoms with van der Waals surface area (Å²) >= 11 is 3.47. The third-order valence-corrected chi connectivity index (χ3v) is 4.25. The van der Waals surface area contributed by atoms with Crippen molar-refractivity contribution in [1.82, 2.24) is 0 Å². The Hall–Kier alpha value is -0.670. The van der Waals surface area contributed by atoms with Gasteiger partial charge in [-0.1, -0.05) is 6.92 Å². The Morgan fingerprint density at radius 3 is 2.93 bits per heavy atom. The zero-order valence-electron chi connectivity index (χ0n) is 8.33. The third-order valence-electron chi connectivity index (χ3n) is 2.39. The first-order valence-electron chi connectivity index (χ1n) is 4.60. The molecule has 1 aromatic carbocycles. The van der Waals surface area contributed by atoms with Crippen LogP contribution in [0.15, 0.2) is 22.4 Å². The van der Waals surface area contributed by atoms with Crippen LogP contribution in [0.1, 0.15) is 12.5 Å². The summed E-state index contributed by atoms with van der Waals surface area (Å²) in [6.07, 6.45) is 3.14. The predicted molar refractivity (Wildman–Crippen MR) is 67.4 cm³/mol. The quantitative estimate of drug-likeness (QED) is 0.619. The Bertz CT molecular complexity index is 460. The van der Waals surface area contributed by atoms with Crippen LogP contribution in [-0.4, -0.2) is 6.26 Å². The molecule has 2 N–H and O–H groups in total. The first-order chi connectivity index (χ1) is 6.77. The SMILES string of the molecule is CCc1cc2ccsc2c(N)c1SC. The van der Waals surface area contributed by atoms with E-state index in [2.05, 4.69) is 30.7 Å². The molecule has 2 rings (SSSR count). The number of thioether (sulfide) groups is 1. The summed E-state index contributed by atoms with van der Waals surface area (Å²) in [6, 6.07) is 4.40. The lowest BCUT2D eigenvalue weighted by atomic mass is 10.1. The molecule has 1 nitrogen and oxygen atoms in total. The van der Waals surface area contributed by atoms with Crippen molar-refractivity contribution in [1.29, 1.82) is 0 Å². The lowest BCUT2D eigenvalue weighted by Gasteiger charge is -2.09. The Labute approximate surface area is 92.3 Å². The monoisotopic (exact) mass is 223 g/mol. The van der Waals surface area contributed by atoms with Crippen LogP contribution in [0.25, 0.3) is 10.1 Å². The second-order valence-electron chi connectivity index (χ2n) is 3.18. The molecule has 0 radical (unpaired) electrons. The van der Waals surface area contributed by atoms with Crippen molar-refractivity contribution in [2.45, 2.75) is 18.2 Å². The highest BCUT2D eigenvalue weighted by Gasteiger charge is 2.09. The first kappa shape index (κ1) is 9.87. The second-order valence-corrected chi connectivity index (χ2v) is 4.91. The lowest BCUT2D eigenvalue weighted by Crippen LogP contribution is -1.93. The molecule has 2 aromatic rings. The van der Waals surface area contributed by atoms with Crippen molar-refractivity contribution in [2.24, 2.45) is 0 Å². The van der Waals surface area contributed by atoms with E-state index in [1.54, 1.807) is 23.1 Å². The van der Waals surface area contributed by atoms with Crippen LogP contribution < -0.4 is 5.73 Å². The molecular formula is C11H13NS2. The molecule has 0 aliphatic rings. The molecule has 0 atom stereocenters. The fraction of sp³-hybridized carbons (Fsp3) is 0.273. The lowest BCUT2D eigenvalue weighted by molar-refractivity contribution is 1.10. The molecular weight excluding hydrogens is 210 g/mol. The van der Waals surface area contributed by atoms with Gasteiger partial charge in [-0.3, -0.25) is 0 Å². The van der Waals surface area contributed by atoms with E-state index in [0.29, 0.717) is 0 Å². The average molecular weight is 223 g/mol. The van der Waals surface area contributed by atoms with Gasteiger partial charge in [0.15, 0.2) is 0 Å². The second kappa shape index (κ2) is 3.83. The average Bonchev–Trinajstić information content (AvgIpc) is 2.65. The van der Waals surface area contributed by atoms with Crippen LogP contribution in [0.5, 0.6) is 0 Å². The topological polar surface area (TPSA) is 26.0 Å². The Balaban J connectivity index is 2.79. The predicted octanol–water partition coefficient (Wildman–Crippen LogP) is 3.77. The molecule has 0 fully saturated rings. The molecule has 0 unspecified atom stereocenters. The maximum absolute atomic E-state index is 6.14. The molecule has 1 heterocycles. The van der Waals surface area contributed by atoms with E-state index in [4.69, 9.17) is 5.73 Å². The van der Waals surface area contributed by atoms with Gasteiger partial charge in [0.1, 0.15) is 0 Å². The van der Waals surface area contributed by atoms with Crippen LogP contribution in [0, 0.1) is 0 Å². The van der Waals surface area contributed by atoms with Crippen molar-refractivity contribution in [3.05, 3.63) is 23.1 Å². The summed E-state index contributed by atoms with van der Waals surface area (Å²) in [7, 11) is 0. The van der Waals surface area contributed by atoms with Crippen molar-refractivity contribution in [3.63, 3.8) is 0 Å². The van der Waals surface area contributed by atoms with Crippen LogP contribution in [-0.2, 0) is 6.42 Å². The van der Waals surface area contributed by atoms with E-state index >= 15 is 0 Å². The number of nitrogen functional groups attached to an aromatic ring is 1. The number of fused-ring (bicyclic) bond motifs is 1. The highest BCUT2D eigenvalue weighted by molar-refractivity contribution is 7.98. The number of hydrogen-bond donors (Lipinski definition) is 1. The van der Waals surface area contributed by atoms with Gasteiger partial charge in [-0.25, -0.2) is 0 Å². The van der Waals surface area contributed by atoms with Crippen LogP contribution in [0.4, 0.5) is 5.69 Å². The number of benzene rings is 1. The summed E-state index contributed by atoms with van der Waals surface area (Å²) in [5, 5.41) is 3.38. The van der Waals surface area contributed by atoms with Crippen LogP contribution in [0.2, 0.25) is 0 Å². The van der Waals surface area contributed by atoms with Gasteiger partial charge in [0.05, 0.1) is 10.4 Å². The number of aryl methyl sites for hydroxylation is 1. The zero-order valence-corrected chi connectivity index (χ0v) is 9.97.